The van der Waals surface area contributed by atoms with Crippen LogP contribution in [0.25, 0.3) is 0 Å². The number of anilines is 1. The van der Waals surface area contributed by atoms with E-state index in [1.807, 2.05) is 6.92 Å². The Balaban J connectivity index is 2.74. The summed E-state index contributed by atoms with van der Waals surface area (Å²) in [5, 5.41) is 11.7. The molecule has 0 aliphatic rings. The largest absolute Gasteiger partial charge is 0.399 e. The second kappa shape index (κ2) is 4.79. The van der Waals surface area contributed by atoms with Gasteiger partial charge in [-0.3, -0.25) is 4.79 Å². The van der Waals surface area contributed by atoms with E-state index in [0.29, 0.717) is 11.3 Å². The van der Waals surface area contributed by atoms with E-state index in [2.05, 4.69) is 5.32 Å². The van der Waals surface area contributed by atoms with Crippen molar-refractivity contribution in [2.45, 2.75) is 20.0 Å². The fourth-order valence-electron chi connectivity index (χ4n) is 1.28. The maximum Gasteiger partial charge on any atom is 0.251 e. The minimum absolute atomic E-state index is 0.187. The third-order valence-corrected chi connectivity index (χ3v) is 2.05. The number of amides is 1. The molecule has 0 fully saturated rings. The third-order valence-electron chi connectivity index (χ3n) is 2.05. The summed E-state index contributed by atoms with van der Waals surface area (Å²) in [6.07, 6.45) is -0.539. The Morgan fingerprint density at radius 1 is 1.60 bits per heavy atom. The number of aliphatic hydroxyl groups is 1. The fraction of sp³-hybridized carbons (Fsp3) is 0.364. The zero-order valence-electron chi connectivity index (χ0n) is 8.95. The van der Waals surface area contributed by atoms with Gasteiger partial charge in [0.2, 0.25) is 0 Å². The van der Waals surface area contributed by atoms with Crippen LogP contribution in [0.3, 0.4) is 0 Å². The molecule has 4 N–H and O–H groups in total. The molecule has 0 spiro atoms. The summed E-state index contributed by atoms with van der Waals surface area (Å²) in [5.41, 5.74) is 7.64. The van der Waals surface area contributed by atoms with Crippen molar-refractivity contribution < 1.29 is 9.90 Å². The van der Waals surface area contributed by atoms with Gasteiger partial charge in [0.15, 0.2) is 0 Å². The first-order chi connectivity index (χ1) is 7.00. The number of rotatable bonds is 3. The molecule has 0 bridgehead atoms. The lowest BCUT2D eigenvalue weighted by atomic mass is 10.1. The summed E-state index contributed by atoms with van der Waals surface area (Å²) in [4.78, 5) is 11.6. The van der Waals surface area contributed by atoms with E-state index >= 15 is 0 Å². The Morgan fingerprint density at radius 3 is 2.80 bits per heavy atom. The van der Waals surface area contributed by atoms with Crippen LogP contribution in [0.1, 0.15) is 22.8 Å². The Bertz CT molecular complexity index is 362. The van der Waals surface area contributed by atoms with E-state index in [1.54, 1.807) is 25.1 Å². The molecule has 82 valence electrons. The van der Waals surface area contributed by atoms with Crippen LogP contribution in [0.2, 0.25) is 0 Å². The third kappa shape index (κ3) is 3.25. The lowest BCUT2D eigenvalue weighted by molar-refractivity contribution is 0.0923. The van der Waals surface area contributed by atoms with Gasteiger partial charge in [0.05, 0.1) is 6.10 Å². The number of carbonyl (C=O) groups excluding carboxylic acids is 1. The summed E-state index contributed by atoms with van der Waals surface area (Å²) in [6.45, 7) is 3.70. The molecule has 4 nitrogen and oxygen atoms in total. The van der Waals surface area contributed by atoms with E-state index < -0.39 is 6.10 Å². The van der Waals surface area contributed by atoms with Crippen molar-refractivity contribution in [1.29, 1.82) is 0 Å². The summed E-state index contributed by atoms with van der Waals surface area (Å²) in [5.74, 6) is -0.187. The normalized spacial score (nSPS) is 12.2. The smallest absolute Gasteiger partial charge is 0.251 e. The van der Waals surface area contributed by atoms with Crippen LogP contribution < -0.4 is 11.1 Å². The van der Waals surface area contributed by atoms with Crippen LogP contribution in [0.4, 0.5) is 5.69 Å². The first-order valence-corrected chi connectivity index (χ1v) is 4.83. The molecule has 0 heterocycles. The topological polar surface area (TPSA) is 75.4 Å². The molecule has 0 saturated heterocycles. The van der Waals surface area contributed by atoms with E-state index in [9.17, 15) is 4.79 Å². The molecule has 15 heavy (non-hydrogen) atoms. The average Bonchev–Trinajstić information content (AvgIpc) is 2.14. The van der Waals surface area contributed by atoms with Gasteiger partial charge in [-0.15, -0.1) is 0 Å². The molecular formula is C11H16N2O2. The molecular weight excluding hydrogens is 192 g/mol. The number of nitrogen functional groups attached to an aromatic ring is 1. The Morgan fingerprint density at radius 2 is 2.27 bits per heavy atom. The van der Waals surface area contributed by atoms with Crippen LogP contribution in [0.15, 0.2) is 18.2 Å². The molecule has 1 aromatic carbocycles. The van der Waals surface area contributed by atoms with Crippen LogP contribution in [-0.2, 0) is 0 Å². The van der Waals surface area contributed by atoms with Gasteiger partial charge in [-0.25, -0.2) is 0 Å². The number of nitrogens with two attached hydrogens (primary N) is 1. The van der Waals surface area contributed by atoms with Gasteiger partial charge in [0.1, 0.15) is 0 Å². The number of hydrogen-bond acceptors (Lipinski definition) is 3. The average molecular weight is 208 g/mol. The molecule has 0 unspecified atom stereocenters. The summed E-state index contributed by atoms with van der Waals surface area (Å²) >= 11 is 0. The van der Waals surface area contributed by atoms with E-state index in [1.165, 1.54) is 0 Å². The van der Waals surface area contributed by atoms with Crippen LogP contribution in [0, 0.1) is 6.92 Å². The second-order valence-corrected chi connectivity index (χ2v) is 3.63. The summed E-state index contributed by atoms with van der Waals surface area (Å²) in [6, 6.07) is 5.11. The maximum atomic E-state index is 11.6. The van der Waals surface area contributed by atoms with Gasteiger partial charge in [-0.2, -0.15) is 0 Å². The van der Waals surface area contributed by atoms with Gasteiger partial charge in [-0.05, 0) is 37.6 Å². The van der Waals surface area contributed by atoms with Crippen molar-refractivity contribution in [3.63, 3.8) is 0 Å². The number of aryl methyl sites for hydroxylation is 1. The van der Waals surface area contributed by atoms with Gasteiger partial charge in [0.25, 0.3) is 5.91 Å². The fourth-order valence-corrected chi connectivity index (χ4v) is 1.28. The second-order valence-electron chi connectivity index (χ2n) is 3.63. The highest BCUT2D eigenvalue weighted by molar-refractivity contribution is 5.96. The SMILES string of the molecule is Cc1cc(N)ccc1C(=O)NC[C@H](C)O. The van der Waals surface area contributed by atoms with Gasteiger partial charge >= 0.3 is 0 Å². The molecule has 0 aromatic heterocycles. The highest BCUT2D eigenvalue weighted by atomic mass is 16.3. The van der Waals surface area contributed by atoms with Gasteiger partial charge in [0, 0.05) is 17.8 Å². The minimum atomic E-state index is -0.539. The highest BCUT2D eigenvalue weighted by Gasteiger charge is 2.08. The van der Waals surface area contributed by atoms with Crippen molar-refractivity contribution in [3.8, 4) is 0 Å². The molecule has 1 aromatic rings. The van der Waals surface area contributed by atoms with Crippen LogP contribution in [-0.4, -0.2) is 23.7 Å². The molecule has 1 amide bonds. The lowest BCUT2D eigenvalue weighted by Crippen LogP contribution is -2.30. The number of aliphatic hydroxyl groups excluding tert-OH is 1. The van der Waals surface area contributed by atoms with Gasteiger partial charge in [-0.1, -0.05) is 0 Å². The molecule has 4 heteroatoms. The zero-order valence-corrected chi connectivity index (χ0v) is 8.95. The molecule has 1 atom stereocenters. The number of benzene rings is 1. The highest BCUT2D eigenvalue weighted by Crippen LogP contribution is 2.12. The first kappa shape index (κ1) is 11.5. The Kier molecular flexibility index (Phi) is 3.68. The van der Waals surface area contributed by atoms with Crippen molar-refractivity contribution in [2.75, 3.05) is 12.3 Å². The van der Waals surface area contributed by atoms with Crippen molar-refractivity contribution in [3.05, 3.63) is 29.3 Å². The molecule has 0 saturated carbocycles. The predicted octanol–water partition coefficient (Wildman–Crippen LogP) is 0.688. The standard InChI is InChI=1S/C11H16N2O2/c1-7-5-9(12)3-4-10(7)11(15)13-6-8(2)14/h3-5,8,14H,6,12H2,1-2H3,(H,13,15)/t8-/m0/s1. The Labute approximate surface area is 89.1 Å². The van der Waals surface area contributed by atoms with Gasteiger partial charge < -0.3 is 16.2 Å². The summed E-state index contributed by atoms with van der Waals surface area (Å²) in [7, 11) is 0. The maximum absolute atomic E-state index is 11.6. The van der Waals surface area contributed by atoms with Crippen molar-refractivity contribution in [1.82, 2.24) is 5.32 Å². The molecule has 0 aliphatic carbocycles. The molecule has 1 rings (SSSR count). The van der Waals surface area contributed by atoms with Crippen molar-refractivity contribution in [2.24, 2.45) is 0 Å². The number of nitrogens with one attached hydrogen (secondary N) is 1. The quantitative estimate of drug-likeness (QED) is 0.640. The van der Waals surface area contributed by atoms with E-state index in [4.69, 9.17) is 10.8 Å². The predicted molar refractivity (Wildman–Crippen MR) is 59.6 cm³/mol. The number of hydrogen-bond donors (Lipinski definition) is 3. The van der Waals surface area contributed by atoms with Crippen LogP contribution >= 0.6 is 0 Å². The van der Waals surface area contributed by atoms with E-state index in [0.717, 1.165) is 5.56 Å². The number of carbonyl (C=O) groups is 1. The molecule has 0 radical (unpaired) electrons. The first-order valence-electron chi connectivity index (χ1n) is 4.83. The summed E-state index contributed by atoms with van der Waals surface area (Å²) < 4.78 is 0. The monoisotopic (exact) mass is 208 g/mol. The zero-order chi connectivity index (χ0) is 11.4. The Hall–Kier alpha value is -1.55. The van der Waals surface area contributed by atoms with Crippen LogP contribution in [0.5, 0.6) is 0 Å². The molecule has 0 aliphatic heterocycles. The minimum Gasteiger partial charge on any atom is -0.399 e. The van der Waals surface area contributed by atoms with Crippen molar-refractivity contribution >= 4 is 11.6 Å². The lowest BCUT2D eigenvalue weighted by Gasteiger charge is -2.09. The van der Waals surface area contributed by atoms with E-state index in [-0.39, 0.29) is 12.5 Å².